The number of amides is 1. The number of fused-ring (bicyclic) bond motifs is 1. The van der Waals surface area contributed by atoms with Crippen LogP contribution in [0.1, 0.15) is 24.4 Å². The van der Waals surface area contributed by atoms with Crippen LogP contribution in [0.2, 0.25) is 5.15 Å². The summed E-state index contributed by atoms with van der Waals surface area (Å²) in [6, 6.07) is 8.03. The number of aromatic nitrogens is 2. The van der Waals surface area contributed by atoms with E-state index in [-0.39, 0.29) is 24.0 Å². The van der Waals surface area contributed by atoms with Crippen LogP contribution in [-0.4, -0.2) is 45.7 Å². The van der Waals surface area contributed by atoms with Crippen LogP contribution >= 0.6 is 11.6 Å². The number of carbonyl (C=O) groups is 1. The molecule has 0 unspecified atom stereocenters. The third-order valence-electron chi connectivity index (χ3n) is 5.42. The van der Waals surface area contributed by atoms with Crippen molar-refractivity contribution < 1.29 is 13.9 Å². The summed E-state index contributed by atoms with van der Waals surface area (Å²) in [6.07, 6.45) is 2.53. The summed E-state index contributed by atoms with van der Waals surface area (Å²) in [5, 5.41) is 0.356. The van der Waals surface area contributed by atoms with Crippen LogP contribution in [0.5, 0.6) is 0 Å². The van der Waals surface area contributed by atoms with Crippen molar-refractivity contribution in [1.29, 1.82) is 0 Å². The fourth-order valence-electron chi connectivity index (χ4n) is 4.20. The Bertz CT molecular complexity index is 889. The van der Waals surface area contributed by atoms with E-state index < -0.39 is 5.60 Å². The zero-order valence-corrected chi connectivity index (χ0v) is 14.6. The molecule has 26 heavy (non-hydrogen) atoms. The zero-order chi connectivity index (χ0) is 17.9. The first-order valence-corrected chi connectivity index (χ1v) is 8.93. The number of halogens is 2. The van der Waals surface area contributed by atoms with Gasteiger partial charge in [0.1, 0.15) is 29.3 Å². The van der Waals surface area contributed by atoms with Crippen molar-refractivity contribution in [2.24, 2.45) is 0 Å². The van der Waals surface area contributed by atoms with E-state index >= 15 is 0 Å². The van der Waals surface area contributed by atoms with E-state index in [1.54, 1.807) is 29.2 Å². The highest BCUT2D eigenvalue weighted by molar-refractivity contribution is 6.29. The second kappa shape index (κ2) is 5.62. The molecular weight excluding hydrogens is 359 g/mol. The Morgan fingerprint density at radius 1 is 1.23 bits per heavy atom. The Labute approximate surface area is 154 Å². The van der Waals surface area contributed by atoms with Crippen molar-refractivity contribution in [2.75, 3.05) is 18.0 Å². The van der Waals surface area contributed by atoms with Crippen LogP contribution in [0, 0.1) is 5.82 Å². The van der Waals surface area contributed by atoms with Crippen molar-refractivity contribution in [3.63, 3.8) is 0 Å². The predicted molar refractivity (Wildman–Crippen MR) is 92.1 cm³/mol. The summed E-state index contributed by atoms with van der Waals surface area (Å²) in [5.41, 5.74) is -0.311. The van der Waals surface area contributed by atoms with Crippen LogP contribution in [0.15, 0.2) is 36.7 Å². The molecule has 0 N–H and O–H groups in total. The van der Waals surface area contributed by atoms with Gasteiger partial charge in [-0.15, -0.1) is 0 Å². The summed E-state index contributed by atoms with van der Waals surface area (Å²) in [7, 11) is 0. The van der Waals surface area contributed by atoms with Crippen LogP contribution in [-0.2, 0) is 9.53 Å². The van der Waals surface area contributed by atoms with Crippen molar-refractivity contribution in [2.45, 2.75) is 30.7 Å². The number of carbonyl (C=O) groups excluding carboxylic acids is 1. The molecule has 2 aromatic rings. The van der Waals surface area contributed by atoms with Gasteiger partial charge in [0, 0.05) is 11.6 Å². The molecular formula is C18H16ClFN4O2. The molecule has 0 radical (unpaired) electrons. The Balaban J connectivity index is 1.38. The Morgan fingerprint density at radius 3 is 2.81 bits per heavy atom. The Morgan fingerprint density at radius 2 is 2.04 bits per heavy atom. The van der Waals surface area contributed by atoms with Gasteiger partial charge in [-0.25, -0.2) is 14.4 Å². The van der Waals surface area contributed by atoms with Gasteiger partial charge >= 0.3 is 0 Å². The fraction of sp³-hybridized carbons (Fsp3) is 0.389. The minimum absolute atomic E-state index is 0.0651. The Kier molecular flexibility index (Phi) is 3.45. The fourth-order valence-corrected chi connectivity index (χ4v) is 4.34. The lowest BCUT2D eigenvalue weighted by Crippen LogP contribution is -2.67. The third-order valence-corrected chi connectivity index (χ3v) is 5.63. The first-order valence-electron chi connectivity index (χ1n) is 8.55. The topological polar surface area (TPSA) is 58.6 Å². The standard InChI is InChI=1S/C18H16ClFN4O2/c19-14-7-15(22-10-21-14)23-8-18(9-23)17(25)24-13(5-6-16(24)26-18)11-3-1-2-4-12(11)20/h1-4,7,10,13,16H,5-6,8-9H2/t13-,16+/m0/s1. The van der Waals surface area contributed by atoms with Gasteiger partial charge in [0.05, 0.1) is 19.1 Å². The normalized spacial score (nSPS) is 26.3. The number of anilines is 1. The van der Waals surface area contributed by atoms with Crippen LogP contribution in [0.3, 0.4) is 0 Å². The molecule has 1 spiro atoms. The molecule has 134 valence electrons. The first-order chi connectivity index (χ1) is 12.6. The van der Waals surface area contributed by atoms with E-state index in [9.17, 15) is 9.18 Å². The van der Waals surface area contributed by atoms with Crippen LogP contribution < -0.4 is 4.90 Å². The van der Waals surface area contributed by atoms with Crippen LogP contribution in [0.25, 0.3) is 0 Å². The van der Waals surface area contributed by atoms with E-state index in [1.807, 2.05) is 4.90 Å². The van der Waals surface area contributed by atoms with Gasteiger partial charge in [-0.3, -0.25) is 4.79 Å². The van der Waals surface area contributed by atoms with Gasteiger partial charge in [0.15, 0.2) is 5.60 Å². The molecule has 8 heteroatoms. The highest BCUT2D eigenvalue weighted by Gasteiger charge is 2.63. The van der Waals surface area contributed by atoms with Gasteiger partial charge in [-0.05, 0) is 18.9 Å². The lowest BCUT2D eigenvalue weighted by atomic mass is 9.92. The zero-order valence-electron chi connectivity index (χ0n) is 13.8. The molecule has 2 atom stereocenters. The molecule has 3 fully saturated rings. The van der Waals surface area contributed by atoms with E-state index in [1.165, 1.54) is 12.4 Å². The minimum Gasteiger partial charge on any atom is -0.349 e. The lowest BCUT2D eigenvalue weighted by molar-refractivity contribution is -0.140. The summed E-state index contributed by atoms with van der Waals surface area (Å²) < 4.78 is 20.4. The number of ether oxygens (including phenoxy) is 1. The maximum Gasteiger partial charge on any atom is 0.261 e. The second-order valence-electron chi connectivity index (χ2n) is 6.95. The van der Waals surface area contributed by atoms with Crippen molar-refractivity contribution in [3.05, 3.63) is 53.2 Å². The molecule has 1 aromatic carbocycles. The van der Waals surface area contributed by atoms with Gasteiger partial charge in [0.25, 0.3) is 5.91 Å². The van der Waals surface area contributed by atoms with Crippen LogP contribution in [0.4, 0.5) is 10.2 Å². The number of rotatable bonds is 2. The number of hydrogen-bond donors (Lipinski definition) is 0. The van der Waals surface area contributed by atoms with Crippen molar-refractivity contribution >= 4 is 23.3 Å². The highest BCUT2D eigenvalue weighted by Crippen LogP contribution is 2.48. The van der Waals surface area contributed by atoms with E-state index in [0.29, 0.717) is 42.5 Å². The smallest absolute Gasteiger partial charge is 0.261 e. The molecule has 3 saturated heterocycles. The lowest BCUT2D eigenvalue weighted by Gasteiger charge is -2.46. The maximum absolute atomic E-state index is 14.2. The largest absolute Gasteiger partial charge is 0.349 e. The Hall–Kier alpha value is -2.25. The predicted octanol–water partition coefficient (Wildman–Crippen LogP) is 2.55. The number of hydrogen-bond acceptors (Lipinski definition) is 5. The highest BCUT2D eigenvalue weighted by atomic mass is 35.5. The average molecular weight is 375 g/mol. The molecule has 0 bridgehead atoms. The number of benzene rings is 1. The third kappa shape index (κ3) is 2.23. The monoisotopic (exact) mass is 374 g/mol. The van der Waals surface area contributed by atoms with Crippen molar-refractivity contribution in [3.8, 4) is 0 Å². The molecule has 0 saturated carbocycles. The molecule has 4 heterocycles. The van der Waals surface area contributed by atoms with Gasteiger partial charge in [-0.2, -0.15) is 0 Å². The molecule has 6 nitrogen and oxygen atoms in total. The quantitative estimate of drug-likeness (QED) is 0.756. The van der Waals surface area contributed by atoms with Crippen molar-refractivity contribution in [1.82, 2.24) is 14.9 Å². The van der Waals surface area contributed by atoms with E-state index in [4.69, 9.17) is 16.3 Å². The van der Waals surface area contributed by atoms with Gasteiger partial charge in [-0.1, -0.05) is 29.8 Å². The summed E-state index contributed by atoms with van der Waals surface area (Å²) in [4.78, 5) is 24.8. The van der Waals surface area contributed by atoms with Gasteiger partial charge < -0.3 is 14.5 Å². The first kappa shape index (κ1) is 16.0. The second-order valence-corrected chi connectivity index (χ2v) is 7.34. The average Bonchev–Trinajstić information content (AvgIpc) is 3.12. The summed E-state index contributed by atoms with van der Waals surface area (Å²) >= 11 is 5.91. The summed E-state index contributed by atoms with van der Waals surface area (Å²) in [6.45, 7) is 0.826. The minimum atomic E-state index is -0.869. The molecule has 0 aliphatic carbocycles. The maximum atomic E-state index is 14.2. The molecule has 1 amide bonds. The number of nitrogens with zero attached hydrogens (tertiary/aromatic N) is 4. The molecule has 1 aromatic heterocycles. The molecule has 5 rings (SSSR count). The van der Waals surface area contributed by atoms with E-state index in [2.05, 4.69) is 9.97 Å². The SMILES string of the molecule is O=C1N2[C@@H](CC[C@H]2c2ccccc2F)OC12CN(c1cc(Cl)ncn1)C2. The summed E-state index contributed by atoms with van der Waals surface area (Å²) in [5.74, 6) is 0.326. The molecule has 3 aliphatic heterocycles. The van der Waals surface area contributed by atoms with E-state index in [0.717, 1.165) is 0 Å². The molecule has 3 aliphatic rings. The van der Waals surface area contributed by atoms with Gasteiger partial charge in [0.2, 0.25) is 0 Å².